The Bertz CT molecular complexity index is 676. The molecule has 0 aliphatic heterocycles. The summed E-state index contributed by atoms with van der Waals surface area (Å²) in [5, 5.41) is 3.23. The number of rotatable bonds is 5. The number of hydrogen-bond acceptors (Lipinski definition) is 3. The van der Waals surface area contributed by atoms with Crippen LogP contribution in [0.2, 0.25) is 5.02 Å². The molecule has 0 radical (unpaired) electrons. The summed E-state index contributed by atoms with van der Waals surface area (Å²) in [6.07, 6.45) is 0. The van der Waals surface area contributed by atoms with Crippen LogP contribution < -0.4 is 11.1 Å². The van der Waals surface area contributed by atoms with E-state index in [-0.39, 0.29) is 11.7 Å². The zero-order chi connectivity index (χ0) is 15.2. The van der Waals surface area contributed by atoms with Gasteiger partial charge in [0.15, 0.2) is 0 Å². The highest BCUT2D eigenvalue weighted by Crippen LogP contribution is 2.16. The number of anilines is 1. The van der Waals surface area contributed by atoms with Gasteiger partial charge < -0.3 is 11.1 Å². The van der Waals surface area contributed by atoms with Crippen LogP contribution in [0.25, 0.3) is 0 Å². The van der Waals surface area contributed by atoms with Gasteiger partial charge in [-0.2, -0.15) is 0 Å². The molecule has 1 amide bonds. The number of amides is 1. The van der Waals surface area contributed by atoms with E-state index in [9.17, 15) is 9.00 Å². The van der Waals surface area contributed by atoms with Gasteiger partial charge in [0.2, 0.25) is 5.91 Å². The van der Waals surface area contributed by atoms with Gasteiger partial charge >= 0.3 is 0 Å². The Kier molecular flexibility index (Phi) is 5.50. The molecule has 0 bridgehead atoms. The summed E-state index contributed by atoms with van der Waals surface area (Å²) in [5.74, 6) is -0.451. The van der Waals surface area contributed by atoms with Crippen LogP contribution in [0.5, 0.6) is 0 Å². The van der Waals surface area contributed by atoms with E-state index in [1.165, 1.54) is 0 Å². The second-order valence-electron chi connectivity index (χ2n) is 4.36. The van der Waals surface area contributed by atoms with Gasteiger partial charge in [-0.1, -0.05) is 35.9 Å². The van der Waals surface area contributed by atoms with E-state index in [1.54, 1.807) is 30.3 Å². The Morgan fingerprint density at radius 3 is 2.67 bits per heavy atom. The Morgan fingerprint density at radius 2 is 1.95 bits per heavy atom. The van der Waals surface area contributed by atoms with E-state index >= 15 is 0 Å². The van der Waals surface area contributed by atoms with Gasteiger partial charge in [-0.25, -0.2) is 0 Å². The smallest absolute Gasteiger partial charge is 0.237 e. The lowest BCUT2D eigenvalue weighted by atomic mass is 10.2. The van der Waals surface area contributed by atoms with Gasteiger partial charge in [-0.3, -0.25) is 9.00 Å². The topological polar surface area (TPSA) is 72.2 Å². The average molecular weight is 323 g/mol. The van der Waals surface area contributed by atoms with E-state index in [2.05, 4.69) is 5.32 Å². The third-order valence-electron chi connectivity index (χ3n) is 2.83. The lowest BCUT2D eigenvalue weighted by Gasteiger charge is -2.09. The van der Waals surface area contributed by atoms with Crippen LogP contribution in [0, 0.1) is 0 Å². The Labute approximate surface area is 130 Å². The Balaban J connectivity index is 2.03. The van der Waals surface area contributed by atoms with Crippen LogP contribution in [0.3, 0.4) is 0 Å². The van der Waals surface area contributed by atoms with Crippen LogP contribution in [-0.2, 0) is 22.1 Å². The van der Waals surface area contributed by atoms with Crippen molar-refractivity contribution in [2.75, 3.05) is 11.1 Å². The van der Waals surface area contributed by atoms with Gasteiger partial charge in [0.25, 0.3) is 0 Å². The highest BCUT2D eigenvalue weighted by Gasteiger charge is 2.12. The molecule has 0 fully saturated rings. The molecule has 0 heterocycles. The summed E-state index contributed by atoms with van der Waals surface area (Å²) < 4.78 is 12.1. The highest BCUT2D eigenvalue weighted by molar-refractivity contribution is 7.85. The van der Waals surface area contributed by atoms with Crippen molar-refractivity contribution < 1.29 is 9.00 Å². The number of carbonyl (C=O) groups is 1. The first-order valence-corrected chi connectivity index (χ1v) is 8.01. The molecule has 21 heavy (non-hydrogen) atoms. The molecule has 110 valence electrons. The summed E-state index contributed by atoms with van der Waals surface area (Å²) in [6.45, 7) is 0.327. The first-order valence-electron chi connectivity index (χ1n) is 6.32. The minimum absolute atomic E-state index is 0.126. The van der Waals surface area contributed by atoms with Crippen molar-refractivity contribution in [2.45, 2.75) is 11.4 Å². The molecular weight excluding hydrogens is 308 g/mol. The van der Waals surface area contributed by atoms with Crippen molar-refractivity contribution in [3.05, 3.63) is 59.1 Å². The molecule has 0 saturated carbocycles. The van der Waals surface area contributed by atoms with Gasteiger partial charge in [0, 0.05) is 22.2 Å². The molecule has 2 aromatic carbocycles. The molecular formula is C15H15ClN2O2S. The van der Waals surface area contributed by atoms with E-state index in [1.807, 2.05) is 18.2 Å². The Morgan fingerprint density at radius 1 is 1.19 bits per heavy atom. The first kappa shape index (κ1) is 15.7. The molecule has 0 saturated heterocycles. The molecule has 6 heteroatoms. The lowest BCUT2D eigenvalue weighted by Crippen LogP contribution is -2.20. The SMILES string of the molecule is NCc1ccccc1NC(=O)CS(=O)c1cccc(Cl)c1. The standard InChI is InChI=1S/C15H15ClN2O2S/c16-12-5-3-6-13(8-12)21(20)10-15(19)18-14-7-2-1-4-11(14)9-17/h1-8H,9-10,17H2,(H,18,19). The van der Waals surface area contributed by atoms with Crippen LogP contribution in [-0.4, -0.2) is 15.9 Å². The molecule has 1 atom stereocenters. The monoisotopic (exact) mass is 322 g/mol. The molecule has 0 aliphatic rings. The molecule has 1 unspecified atom stereocenters. The summed E-state index contributed by atoms with van der Waals surface area (Å²) in [4.78, 5) is 12.5. The fraction of sp³-hybridized carbons (Fsp3) is 0.133. The third kappa shape index (κ3) is 4.39. The zero-order valence-corrected chi connectivity index (χ0v) is 12.8. The second kappa shape index (κ2) is 7.36. The largest absolute Gasteiger partial charge is 0.326 e. The minimum atomic E-state index is -1.43. The van der Waals surface area contributed by atoms with E-state index < -0.39 is 10.8 Å². The molecule has 3 N–H and O–H groups in total. The van der Waals surface area contributed by atoms with Gasteiger partial charge in [-0.15, -0.1) is 0 Å². The number of benzene rings is 2. The van der Waals surface area contributed by atoms with Crippen molar-refractivity contribution in [1.82, 2.24) is 0 Å². The van der Waals surface area contributed by atoms with Crippen molar-refractivity contribution in [3.8, 4) is 0 Å². The minimum Gasteiger partial charge on any atom is -0.326 e. The maximum atomic E-state index is 12.1. The first-order chi connectivity index (χ1) is 10.1. The van der Waals surface area contributed by atoms with Crippen molar-refractivity contribution in [2.24, 2.45) is 5.73 Å². The number of nitrogens with one attached hydrogen (secondary N) is 1. The van der Waals surface area contributed by atoms with Crippen LogP contribution in [0.1, 0.15) is 5.56 Å². The number of nitrogens with two attached hydrogens (primary N) is 1. The van der Waals surface area contributed by atoms with Gasteiger partial charge in [0.1, 0.15) is 5.75 Å². The van der Waals surface area contributed by atoms with Crippen molar-refractivity contribution in [1.29, 1.82) is 0 Å². The molecule has 4 nitrogen and oxygen atoms in total. The number of para-hydroxylation sites is 1. The number of halogens is 1. The highest BCUT2D eigenvalue weighted by atomic mass is 35.5. The summed E-state index contributed by atoms with van der Waals surface area (Å²) in [7, 11) is -1.43. The van der Waals surface area contributed by atoms with Crippen LogP contribution in [0.4, 0.5) is 5.69 Å². The number of carbonyl (C=O) groups excluding carboxylic acids is 1. The summed E-state index contributed by atoms with van der Waals surface area (Å²) in [5.41, 5.74) is 7.09. The third-order valence-corrected chi connectivity index (χ3v) is 4.37. The molecule has 2 rings (SSSR count). The average Bonchev–Trinajstić information content (AvgIpc) is 2.47. The predicted octanol–water partition coefficient (Wildman–Crippen LogP) is 2.55. The normalized spacial score (nSPS) is 11.9. The quantitative estimate of drug-likeness (QED) is 0.888. The number of hydrogen-bond donors (Lipinski definition) is 2. The van der Waals surface area contributed by atoms with E-state index in [0.29, 0.717) is 22.2 Å². The van der Waals surface area contributed by atoms with Crippen molar-refractivity contribution in [3.63, 3.8) is 0 Å². The maximum Gasteiger partial charge on any atom is 0.237 e. The lowest BCUT2D eigenvalue weighted by molar-refractivity contribution is -0.113. The fourth-order valence-corrected chi connectivity index (χ4v) is 3.04. The maximum absolute atomic E-state index is 12.1. The summed E-state index contributed by atoms with van der Waals surface area (Å²) >= 11 is 5.85. The van der Waals surface area contributed by atoms with Crippen LogP contribution >= 0.6 is 11.6 Å². The fourth-order valence-electron chi connectivity index (χ4n) is 1.82. The van der Waals surface area contributed by atoms with Gasteiger partial charge in [0.05, 0.1) is 10.8 Å². The zero-order valence-electron chi connectivity index (χ0n) is 11.2. The predicted molar refractivity (Wildman–Crippen MR) is 85.7 cm³/mol. The summed E-state index contributed by atoms with van der Waals surface area (Å²) in [6, 6.07) is 13.9. The molecule has 0 aromatic heterocycles. The van der Waals surface area contributed by atoms with E-state index in [0.717, 1.165) is 5.56 Å². The molecule has 0 aliphatic carbocycles. The molecule has 2 aromatic rings. The second-order valence-corrected chi connectivity index (χ2v) is 6.24. The Hall–Kier alpha value is -1.69. The van der Waals surface area contributed by atoms with Crippen LogP contribution in [0.15, 0.2) is 53.4 Å². The van der Waals surface area contributed by atoms with Crippen molar-refractivity contribution >= 4 is 34.0 Å². The molecule has 0 spiro atoms. The van der Waals surface area contributed by atoms with E-state index in [4.69, 9.17) is 17.3 Å². The van der Waals surface area contributed by atoms with Gasteiger partial charge in [-0.05, 0) is 29.8 Å².